The molecule has 4 aliphatic rings. The highest BCUT2D eigenvalue weighted by Gasteiger charge is 2.41. The number of nitrogens with one attached hydrogen (secondary N) is 1. The second kappa shape index (κ2) is 11.7. The monoisotopic (exact) mass is 572 g/mol. The molecule has 8 nitrogen and oxygen atoms in total. The summed E-state index contributed by atoms with van der Waals surface area (Å²) in [5.41, 5.74) is 2.04. The molecule has 4 heterocycles. The van der Waals surface area contributed by atoms with E-state index in [9.17, 15) is 22.8 Å². The van der Waals surface area contributed by atoms with Crippen LogP contribution in [-0.4, -0.2) is 84.2 Å². The fraction of sp³-hybridized carbons (Fsp3) is 0.567. The number of fused-ring (bicyclic) bond motifs is 2. The first-order valence-corrected chi connectivity index (χ1v) is 14.4. The van der Waals surface area contributed by atoms with Crippen LogP contribution in [0.5, 0.6) is 0 Å². The van der Waals surface area contributed by atoms with Gasteiger partial charge in [-0.1, -0.05) is 6.07 Å². The summed E-state index contributed by atoms with van der Waals surface area (Å²) in [6.45, 7) is 2.84. The highest BCUT2D eigenvalue weighted by Crippen LogP contribution is 2.36. The zero-order valence-electron chi connectivity index (χ0n) is 22.9. The van der Waals surface area contributed by atoms with Gasteiger partial charge in [-0.25, -0.2) is 0 Å². The summed E-state index contributed by atoms with van der Waals surface area (Å²) >= 11 is 0. The number of alkyl halides is 3. The van der Waals surface area contributed by atoms with Crippen LogP contribution in [0.2, 0.25) is 0 Å². The largest absolute Gasteiger partial charge is 0.416 e. The minimum absolute atomic E-state index is 0.0112. The second-order valence-corrected chi connectivity index (χ2v) is 11.4. The molecule has 4 atom stereocenters. The first kappa shape index (κ1) is 28.1. The lowest BCUT2D eigenvalue weighted by molar-refractivity contribution is -0.137. The molecule has 0 saturated carbocycles. The minimum atomic E-state index is -4.54. The number of hydrogen-bond acceptors (Lipinski definition) is 6. The summed E-state index contributed by atoms with van der Waals surface area (Å²) < 4.78 is 52.1. The van der Waals surface area contributed by atoms with E-state index in [2.05, 4.69) is 15.2 Å². The van der Waals surface area contributed by atoms with Gasteiger partial charge in [-0.15, -0.1) is 0 Å². The number of aryl methyl sites for hydroxylation is 1. The van der Waals surface area contributed by atoms with Gasteiger partial charge >= 0.3 is 6.18 Å². The van der Waals surface area contributed by atoms with Crippen molar-refractivity contribution < 1.29 is 32.2 Å². The molecule has 41 heavy (non-hydrogen) atoms. The zero-order valence-corrected chi connectivity index (χ0v) is 22.9. The first-order valence-electron chi connectivity index (χ1n) is 14.4. The van der Waals surface area contributed by atoms with Crippen molar-refractivity contribution >= 4 is 11.8 Å². The third-order valence-electron chi connectivity index (χ3n) is 8.82. The van der Waals surface area contributed by atoms with E-state index in [1.165, 1.54) is 16.5 Å². The van der Waals surface area contributed by atoms with Gasteiger partial charge in [-0.2, -0.15) is 13.2 Å². The molecule has 0 radical (unpaired) electrons. The first-order chi connectivity index (χ1) is 19.8. The van der Waals surface area contributed by atoms with Crippen LogP contribution in [0.3, 0.4) is 0 Å². The molecule has 220 valence electrons. The van der Waals surface area contributed by atoms with Gasteiger partial charge in [0.1, 0.15) is 0 Å². The van der Waals surface area contributed by atoms with Crippen LogP contribution < -0.4 is 5.32 Å². The Bertz CT molecular complexity index is 1280. The lowest BCUT2D eigenvalue weighted by Gasteiger charge is -2.30. The molecule has 2 aromatic rings. The maximum absolute atomic E-state index is 13.3. The molecule has 1 N–H and O–H groups in total. The Labute approximate surface area is 237 Å². The Morgan fingerprint density at radius 2 is 1.98 bits per heavy atom. The van der Waals surface area contributed by atoms with Crippen LogP contribution in [0.15, 0.2) is 36.7 Å². The molecule has 6 rings (SSSR count). The Balaban J connectivity index is 1.14. The fourth-order valence-electron chi connectivity index (χ4n) is 6.66. The Hall–Kier alpha value is -3.02. The maximum atomic E-state index is 13.3. The second-order valence-electron chi connectivity index (χ2n) is 11.4. The molecule has 2 amide bonds. The quantitative estimate of drug-likeness (QED) is 0.570. The van der Waals surface area contributed by atoms with Crippen LogP contribution in [-0.2, 0) is 33.3 Å². The number of benzene rings is 1. The Morgan fingerprint density at radius 3 is 2.83 bits per heavy atom. The van der Waals surface area contributed by atoms with Crippen LogP contribution in [0.4, 0.5) is 13.2 Å². The van der Waals surface area contributed by atoms with Crippen molar-refractivity contribution in [1.82, 2.24) is 20.1 Å². The van der Waals surface area contributed by atoms with Crippen LogP contribution in [0.25, 0.3) is 0 Å². The smallest absolute Gasteiger partial charge is 0.381 e. The van der Waals surface area contributed by atoms with E-state index in [1.54, 1.807) is 6.20 Å². The zero-order chi connectivity index (χ0) is 28.6. The van der Waals surface area contributed by atoms with Gasteiger partial charge in [0.2, 0.25) is 5.91 Å². The lowest BCUT2D eigenvalue weighted by Crippen LogP contribution is -2.50. The molecule has 2 saturated heterocycles. The topological polar surface area (TPSA) is 84.0 Å². The number of rotatable bonds is 6. The van der Waals surface area contributed by atoms with Crippen molar-refractivity contribution in [2.45, 2.75) is 69.0 Å². The summed E-state index contributed by atoms with van der Waals surface area (Å²) in [7, 11) is 0. The third kappa shape index (κ3) is 6.12. The highest BCUT2D eigenvalue weighted by atomic mass is 19.4. The number of hydrogen-bond donors (Lipinski definition) is 1. The summed E-state index contributed by atoms with van der Waals surface area (Å²) in [6.07, 6.45) is 3.90. The van der Waals surface area contributed by atoms with E-state index in [1.807, 2.05) is 12.3 Å². The Morgan fingerprint density at radius 1 is 1.10 bits per heavy atom. The number of ether oxygens (including phenoxy) is 2. The predicted octanol–water partition coefficient (Wildman–Crippen LogP) is 3.54. The van der Waals surface area contributed by atoms with Crippen molar-refractivity contribution in [2.24, 2.45) is 0 Å². The van der Waals surface area contributed by atoms with E-state index in [0.717, 1.165) is 56.4 Å². The van der Waals surface area contributed by atoms with Gasteiger partial charge < -0.3 is 19.7 Å². The average molecular weight is 573 g/mol. The van der Waals surface area contributed by atoms with Crippen molar-refractivity contribution in [3.8, 4) is 0 Å². The van der Waals surface area contributed by atoms with Gasteiger partial charge in [-0.3, -0.25) is 19.5 Å². The molecule has 1 aromatic heterocycles. The standard InChI is InChI=1S/C30H35F3N4O4/c31-30(32,33)21-5-3-19-8-11-36(29(39)24(19)14-21)18-28(38)35-25-16-37(22-2-1-12-40-13-9-22)17-27(25)41-26-6-4-20-15-34-10-7-23(20)26/h3,5,7,10,14-15,22,25-27H,1-2,4,6,8-9,11-13,16-18H2,(H,35,38)/t22?,25?,26?,27-/m0/s1. The summed E-state index contributed by atoms with van der Waals surface area (Å²) in [4.78, 5) is 34.3. The normalized spacial score (nSPS) is 26.9. The van der Waals surface area contributed by atoms with Crippen LogP contribution in [0, 0.1) is 0 Å². The van der Waals surface area contributed by atoms with Crippen molar-refractivity contribution in [3.63, 3.8) is 0 Å². The van der Waals surface area contributed by atoms with Crippen LogP contribution >= 0.6 is 0 Å². The van der Waals surface area contributed by atoms with Crippen molar-refractivity contribution in [1.29, 1.82) is 0 Å². The molecule has 11 heteroatoms. The van der Waals surface area contributed by atoms with Gasteiger partial charge in [0.05, 0.1) is 30.4 Å². The van der Waals surface area contributed by atoms with E-state index in [-0.39, 0.29) is 42.8 Å². The number of pyridine rings is 1. The Kier molecular flexibility index (Phi) is 8.02. The minimum Gasteiger partial charge on any atom is -0.381 e. The molecular weight excluding hydrogens is 537 g/mol. The number of likely N-dealkylation sites (tertiary alicyclic amines) is 1. The number of halogens is 3. The van der Waals surface area contributed by atoms with Crippen molar-refractivity contribution in [2.75, 3.05) is 39.4 Å². The number of carbonyl (C=O) groups is 2. The fourth-order valence-corrected chi connectivity index (χ4v) is 6.66. The predicted molar refractivity (Wildman–Crippen MR) is 143 cm³/mol. The van der Waals surface area contributed by atoms with Gasteiger partial charge in [-0.05, 0) is 73.4 Å². The molecular formula is C30H35F3N4O4. The van der Waals surface area contributed by atoms with E-state index >= 15 is 0 Å². The van der Waals surface area contributed by atoms with Gasteiger partial charge in [0, 0.05) is 56.8 Å². The van der Waals surface area contributed by atoms with Crippen LogP contribution in [0.1, 0.15) is 64.4 Å². The highest BCUT2D eigenvalue weighted by molar-refractivity contribution is 5.99. The lowest BCUT2D eigenvalue weighted by atomic mass is 9.96. The molecule has 0 bridgehead atoms. The average Bonchev–Trinajstić information content (AvgIpc) is 3.42. The molecule has 3 aliphatic heterocycles. The van der Waals surface area contributed by atoms with Gasteiger partial charge in [0.25, 0.3) is 5.91 Å². The third-order valence-corrected chi connectivity index (χ3v) is 8.82. The summed E-state index contributed by atoms with van der Waals surface area (Å²) in [5.74, 6) is -0.891. The van der Waals surface area contributed by atoms with E-state index in [0.29, 0.717) is 37.7 Å². The number of nitrogens with zero attached hydrogens (tertiary/aromatic N) is 3. The molecule has 3 unspecified atom stereocenters. The van der Waals surface area contributed by atoms with E-state index in [4.69, 9.17) is 9.47 Å². The molecule has 0 spiro atoms. The van der Waals surface area contributed by atoms with E-state index < -0.39 is 17.6 Å². The number of aromatic nitrogens is 1. The number of amides is 2. The molecule has 2 fully saturated rings. The molecule has 1 aliphatic carbocycles. The number of carbonyl (C=O) groups excluding carboxylic acids is 2. The SMILES string of the molecule is O=C(CN1CCc2ccc(C(F)(F)F)cc2C1=O)NC1CN(C2CCCOCC2)C[C@@H]1OC1CCc2cnccc21. The summed E-state index contributed by atoms with van der Waals surface area (Å²) in [6, 6.07) is 5.32. The van der Waals surface area contributed by atoms with Crippen molar-refractivity contribution in [3.05, 3.63) is 64.5 Å². The maximum Gasteiger partial charge on any atom is 0.416 e. The van der Waals surface area contributed by atoms with Gasteiger partial charge in [0.15, 0.2) is 0 Å². The molecule has 1 aromatic carbocycles. The summed E-state index contributed by atoms with van der Waals surface area (Å²) in [5, 5.41) is 3.12.